The van der Waals surface area contributed by atoms with E-state index < -0.39 is 0 Å². The van der Waals surface area contributed by atoms with E-state index in [0.29, 0.717) is 5.92 Å². The van der Waals surface area contributed by atoms with E-state index in [-0.39, 0.29) is 11.5 Å². The van der Waals surface area contributed by atoms with Gasteiger partial charge < -0.3 is 10.1 Å². The van der Waals surface area contributed by atoms with E-state index in [2.05, 4.69) is 57.8 Å². The Bertz CT molecular complexity index is 1010. The van der Waals surface area contributed by atoms with Crippen LogP contribution in [0.2, 0.25) is 0 Å². The number of pyridine rings is 1. The predicted octanol–water partition coefficient (Wildman–Crippen LogP) is 5.48. The Balaban J connectivity index is 2.13. The van der Waals surface area contributed by atoms with E-state index in [0.717, 1.165) is 18.5 Å². The third-order valence-corrected chi connectivity index (χ3v) is 6.57. The normalized spacial score (nSPS) is 24.2. The highest BCUT2D eigenvalue weighted by Crippen LogP contribution is 2.52. The molecule has 4 rings (SSSR count). The maximum Gasteiger partial charge on any atom is 0.0749 e. The summed E-state index contributed by atoms with van der Waals surface area (Å²) in [5.41, 5.74) is 9.02. The van der Waals surface area contributed by atoms with Crippen LogP contribution in [0, 0.1) is 0 Å². The van der Waals surface area contributed by atoms with E-state index in [1.807, 2.05) is 18.3 Å². The van der Waals surface area contributed by atoms with Crippen molar-refractivity contribution in [2.24, 2.45) is 0 Å². The quantitative estimate of drug-likeness (QED) is 0.720. The molecule has 1 aliphatic carbocycles. The van der Waals surface area contributed by atoms with Gasteiger partial charge in [0, 0.05) is 47.9 Å². The van der Waals surface area contributed by atoms with E-state index in [1.165, 1.54) is 38.9 Å². The van der Waals surface area contributed by atoms with Crippen LogP contribution in [0.15, 0.2) is 54.3 Å². The highest BCUT2D eigenvalue weighted by molar-refractivity contribution is 5.95. The molecule has 0 bridgehead atoms. The molecular formula is C25H30N2O. The summed E-state index contributed by atoms with van der Waals surface area (Å²) in [4.78, 5) is 4.82. The molecule has 3 heteroatoms. The molecule has 2 atom stereocenters. The number of ether oxygens (including phenoxy) is 1. The number of methoxy groups -OCH3 is 1. The molecule has 2 heterocycles. The van der Waals surface area contributed by atoms with Crippen LogP contribution in [0.4, 0.5) is 0 Å². The minimum absolute atomic E-state index is 0.102. The number of rotatable bonds is 4. The lowest BCUT2D eigenvalue weighted by Gasteiger charge is -2.45. The maximum absolute atomic E-state index is 5.44. The van der Waals surface area contributed by atoms with Crippen molar-refractivity contribution in [2.45, 2.75) is 51.5 Å². The second-order valence-corrected chi connectivity index (χ2v) is 8.41. The number of aromatic nitrogens is 1. The Morgan fingerprint density at radius 2 is 2.14 bits per heavy atom. The highest BCUT2D eigenvalue weighted by atomic mass is 16.5. The summed E-state index contributed by atoms with van der Waals surface area (Å²) in [5.74, 6) is 0.329. The highest BCUT2D eigenvalue weighted by Gasteiger charge is 2.42. The molecule has 0 radical (unpaired) electrons. The van der Waals surface area contributed by atoms with Crippen LogP contribution in [-0.4, -0.2) is 24.7 Å². The van der Waals surface area contributed by atoms with Gasteiger partial charge in [-0.2, -0.15) is 0 Å². The first kappa shape index (κ1) is 18.9. The van der Waals surface area contributed by atoms with Crippen molar-refractivity contribution >= 4 is 16.6 Å². The average molecular weight is 375 g/mol. The molecule has 1 aromatic heterocycles. The van der Waals surface area contributed by atoms with Gasteiger partial charge in [0.1, 0.15) is 0 Å². The SMILES string of the molecule is C=CC1NC2=C(C)/C(=C\C)C(C)(C)c3c2c(cc2cccnc32)C1CCOC. The van der Waals surface area contributed by atoms with Gasteiger partial charge in [0.2, 0.25) is 0 Å². The summed E-state index contributed by atoms with van der Waals surface area (Å²) >= 11 is 0. The van der Waals surface area contributed by atoms with Crippen LogP contribution >= 0.6 is 0 Å². The minimum Gasteiger partial charge on any atom is -0.385 e. The van der Waals surface area contributed by atoms with Crippen LogP contribution in [0.1, 0.15) is 56.7 Å². The molecule has 0 amide bonds. The van der Waals surface area contributed by atoms with Gasteiger partial charge in [-0.3, -0.25) is 4.98 Å². The van der Waals surface area contributed by atoms with Gasteiger partial charge in [-0.05, 0) is 54.7 Å². The van der Waals surface area contributed by atoms with E-state index in [1.54, 1.807) is 7.11 Å². The summed E-state index contributed by atoms with van der Waals surface area (Å²) in [6.07, 6.45) is 7.17. The van der Waals surface area contributed by atoms with E-state index in [9.17, 15) is 0 Å². The topological polar surface area (TPSA) is 34.2 Å². The molecule has 3 nitrogen and oxygen atoms in total. The molecule has 1 aliphatic heterocycles. The summed E-state index contributed by atoms with van der Waals surface area (Å²) in [7, 11) is 1.77. The average Bonchev–Trinajstić information content (AvgIpc) is 2.69. The van der Waals surface area contributed by atoms with Gasteiger partial charge in [-0.25, -0.2) is 0 Å². The third kappa shape index (κ3) is 2.56. The van der Waals surface area contributed by atoms with Crippen molar-refractivity contribution in [1.82, 2.24) is 10.3 Å². The number of nitrogens with zero attached hydrogens (tertiary/aromatic N) is 1. The first-order valence-corrected chi connectivity index (χ1v) is 10.1. The van der Waals surface area contributed by atoms with Crippen molar-refractivity contribution in [1.29, 1.82) is 0 Å². The zero-order valence-electron chi connectivity index (χ0n) is 17.6. The zero-order valence-corrected chi connectivity index (χ0v) is 17.6. The van der Waals surface area contributed by atoms with Gasteiger partial charge in [0.05, 0.1) is 11.6 Å². The first-order chi connectivity index (χ1) is 13.5. The summed E-state index contributed by atoms with van der Waals surface area (Å²) < 4.78 is 5.44. The molecule has 0 fully saturated rings. The molecule has 146 valence electrons. The Morgan fingerprint density at radius 1 is 1.36 bits per heavy atom. The molecule has 0 saturated carbocycles. The smallest absolute Gasteiger partial charge is 0.0749 e. The number of allylic oxidation sites excluding steroid dienone is 3. The van der Waals surface area contributed by atoms with Gasteiger partial charge in [-0.15, -0.1) is 6.58 Å². The summed E-state index contributed by atoms with van der Waals surface area (Å²) in [6.45, 7) is 13.9. The van der Waals surface area contributed by atoms with Crippen molar-refractivity contribution < 1.29 is 4.74 Å². The second-order valence-electron chi connectivity index (χ2n) is 8.41. The van der Waals surface area contributed by atoms with Crippen LogP contribution in [0.5, 0.6) is 0 Å². The number of fused-ring (bicyclic) bond motifs is 2. The maximum atomic E-state index is 5.44. The van der Waals surface area contributed by atoms with Crippen LogP contribution in [-0.2, 0) is 10.2 Å². The van der Waals surface area contributed by atoms with Gasteiger partial charge >= 0.3 is 0 Å². The van der Waals surface area contributed by atoms with Crippen LogP contribution in [0.25, 0.3) is 16.6 Å². The molecule has 0 spiro atoms. The summed E-state index contributed by atoms with van der Waals surface area (Å²) in [5, 5.41) is 5.03. The minimum atomic E-state index is -0.102. The van der Waals surface area contributed by atoms with Crippen molar-refractivity contribution in [2.75, 3.05) is 13.7 Å². The fourth-order valence-corrected chi connectivity index (χ4v) is 5.36. The van der Waals surface area contributed by atoms with Gasteiger partial charge in [0.15, 0.2) is 0 Å². The predicted molar refractivity (Wildman–Crippen MR) is 117 cm³/mol. The molecule has 28 heavy (non-hydrogen) atoms. The molecule has 2 aliphatic rings. The van der Waals surface area contributed by atoms with Gasteiger partial charge in [0.25, 0.3) is 0 Å². The monoisotopic (exact) mass is 374 g/mol. The van der Waals surface area contributed by atoms with Crippen molar-refractivity contribution in [3.8, 4) is 0 Å². The fraction of sp³-hybridized carbons (Fsp3) is 0.400. The number of hydrogen-bond acceptors (Lipinski definition) is 3. The lowest BCUT2D eigenvalue weighted by atomic mass is 9.64. The van der Waals surface area contributed by atoms with Crippen molar-refractivity contribution in [3.05, 3.63) is 71.0 Å². The molecular weight excluding hydrogens is 344 g/mol. The Labute approximate surface area is 168 Å². The number of benzene rings is 1. The van der Waals surface area contributed by atoms with Crippen molar-refractivity contribution in [3.63, 3.8) is 0 Å². The Morgan fingerprint density at radius 3 is 2.82 bits per heavy atom. The number of hydrogen-bond donors (Lipinski definition) is 1. The third-order valence-electron chi connectivity index (χ3n) is 6.57. The van der Waals surface area contributed by atoms with Crippen LogP contribution in [0.3, 0.4) is 0 Å². The lowest BCUT2D eigenvalue weighted by molar-refractivity contribution is 0.184. The first-order valence-electron chi connectivity index (χ1n) is 10.1. The Kier molecular flexibility index (Phi) is 4.67. The lowest BCUT2D eigenvalue weighted by Crippen LogP contribution is -2.42. The number of nitrogens with one attached hydrogen (secondary N) is 1. The standard InChI is InChI=1S/C25H30N2O/c1-7-19-15(3)23-21-18(17(11-13-28-6)20(8-2)27-23)14-16-10-9-12-26-24(16)22(21)25(19,4)5/h7-10,12,14,17,20,27H,2,11,13H2,1,3-6H3/b19-7+. The largest absolute Gasteiger partial charge is 0.385 e. The molecule has 1 aromatic carbocycles. The van der Waals surface area contributed by atoms with Gasteiger partial charge in [-0.1, -0.05) is 32.1 Å². The fourth-order valence-electron chi connectivity index (χ4n) is 5.36. The van der Waals surface area contributed by atoms with Crippen LogP contribution < -0.4 is 5.32 Å². The molecule has 2 unspecified atom stereocenters. The Hall–Kier alpha value is -2.39. The van der Waals surface area contributed by atoms with E-state index in [4.69, 9.17) is 9.72 Å². The molecule has 0 saturated heterocycles. The second kappa shape index (κ2) is 6.89. The molecule has 1 N–H and O–H groups in total. The van der Waals surface area contributed by atoms with E-state index >= 15 is 0 Å². The zero-order chi connectivity index (χ0) is 20.1. The summed E-state index contributed by atoms with van der Waals surface area (Å²) in [6, 6.07) is 6.76. The molecule has 2 aromatic rings.